The summed E-state index contributed by atoms with van der Waals surface area (Å²) in [4.78, 5) is 0. The fraction of sp³-hybridized carbons (Fsp3) is 0.200. The van der Waals surface area contributed by atoms with E-state index in [2.05, 4.69) is 12.6 Å². The van der Waals surface area contributed by atoms with Crippen LogP contribution in [0.1, 0.15) is 19.4 Å². The van der Waals surface area contributed by atoms with Gasteiger partial charge in [0.1, 0.15) is 17.3 Å². The molecule has 0 heterocycles. The number of rotatable bonds is 8. The Labute approximate surface area is 166 Å². The standard InChI is InChI=1S/C25H24FO2/c1-4-7-20-12-17-23(18-10-15-22(16-11-18)27-5-2)24(25(20)28-6-3)19-8-13-21(26)14-9-19/h4,8-16H,1,5-7H2,2-3H3. The number of allylic oxidation sites excluding steroid dienone is 1. The van der Waals surface area contributed by atoms with Gasteiger partial charge in [-0.2, -0.15) is 0 Å². The maximum absolute atomic E-state index is 13.5. The molecule has 0 aliphatic heterocycles. The molecule has 28 heavy (non-hydrogen) atoms. The molecule has 3 rings (SSSR count). The molecular formula is C25H24FO2. The third-order valence-corrected chi connectivity index (χ3v) is 4.40. The Morgan fingerprint density at radius 1 is 0.929 bits per heavy atom. The summed E-state index contributed by atoms with van der Waals surface area (Å²) in [7, 11) is 0. The minimum Gasteiger partial charge on any atom is -0.494 e. The van der Waals surface area contributed by atoms with Crippen molar-refractivity contribution in [2.45, 2.75) is 20.3 Å². The third kappa shape index (κ3) is 4.25. The zero-order valence-electron chi connectivity index (χ0n) is 16.3. The van der Waals surface area contributed by atoms with Gasteiger partial charge in [0.25, 0.3) is 0 Å². The van der Waals surface area contributed by atoms with Crippen molar-refractivity contribution in [2.75, 3.05) is 13.2 Å². The van der Waals surface area contributed by atoms with Crippen molar-refractivity contribution in [1.29, 1.82) is 0 Å². The first-order valence-corrected chi connectivity index (χ1v) is 9.48. The van der Waals surface area contributed by atoms with E-state index in [1.165, 1.54) is 12.1 Å². The molecular weight excluding hydrogens is 351 g/mol. The van der Waals surface area contributed by atoms with Crippen LogP contribution in [0.4, 0.5) is 4.39 Å². The molecule has 0 spiro atoms. The fourth-order valence-corrected chi connectivity index (χ4v) is 3.19. The average Bonchev–Trinajstić information content (AvgIpc) is 2.71. The molecule has 0 N–H and O–H groups in total. The highest BCUT2D eigenvalue weighted by molar-refractivity contribution is 5.88. The van der Waals surface area contributed by atoms with E-state index in [1.807, 2.05) is 50.3 Å². The summed E-state index contributed by atoms with van der Waals surface area (Å²) in [5, 5.41) is 0. The molecule has 0 amide bonds. The van der Waals surface area contributed by atoms with Gasteiger partial charge in [-0.3, -0.25) is 0 Å². The predicted octanol–water partition coefficient (Wildman–Crippen LogP) is 6.49. The zero-order chi connectivity index (χ0) is 19.9. The lowest BCUT2D eigenvalue weighted by Gasteiger charge is -2.19. The molecule has 1 radical (unpaired) electrons. The molecule has 0 saturated carbocycles. The molecule has 0 unspecified atom stereocenters. The normalized spacial score (nSPS) is 10.5. The molecule has 0 fully saturated rings. The van der Waals surface area contributed by atoms with Crippen LogP contribution in [-0.4, -0.2) is 13.2 Å². The van der Waals surface area contributed by atoms with Gasteiger partial charge in [-0.1, -0.05) is 30.3 Å². The summed E-state index contributed by atoms with van der Waals surface area (Å²) in [5.41, 5.74) is 4.70. The van der Waals surface area contributed by atoms with Crippen molar-refractivity contribution in [3.05, 3.63) is 84.7 Å². The minimum absolute atomic E-state index is 0.268. The average molecular weight is 375 g/mol. The highest BCUT2D eigenvalue weighted by Crippen LogP contribution is 2.42. The first kappa shape index (κ1) is 19.7. The summed E-state index contributed by atoms with van der Waals surface area (Å²) in [5.74, 6) is 1.34. The van der Waals surface area contributed by atoms with E-state index in [0.717, 1.165) is 39.3 Å². The van der Waals surface area contributed by atoms with Gasteiger partial charge in [-0.05, 0) is 73.4 Å². The molecule has 0 aromatic heterocycles. The SMILES string of the molecule is C=CCc1c[c]c(-c2ccc(OCC)cc2)c(-c2ccc(F)cc2)c1OCC. The smallest absolute Gasteiger partial charge is 0.131 e. The van der Waals surface area contributed by atoms with Gasteiger partial charge in [0.2, 0.25) is 0 Å². The Balaban J connectivity index is 2.21. The maximum atomic E-state index is 13.5. The first-order chi connectivity index (χ1) is 13.7. The number of ether oxygens (including phenoxy) is 2. The van der Waals surface area contributed by atoms with Crippen LogP contribution in [0.2, 0.25) is 0 Å². The van der Waals surface area contributed by atoms with Crippen LogP contribution in [0.5, 0.6) is 11.5 Å². The lowest BCUT2D eigenvalue weighted by Crippen LogP contribution is -2.01. The lowest BCUT2D eigenvalue weighted by atomic mass is 9.90. The summed E-state index contributed by atoms with van der Waals surface area (Å²) in [6, 6.07) is 19.7. The molecule has 143 valence electrons. The second-order valence-corrected chi connectivity index (χ2v) is 6.28. The van der Waals surface area contributed by atoms with Crippen molar-refractivity contribution in [2.24, 2.45) is 0 Å². The van der Waals surface area contributed by atoms with Gasteiger partial charge < -0.3 is 9.47 Å². The quantitative estimate of drug-likeness (QED) is 0.419. The largest absolute Gasteiger partial charge is 0.494 e. The van der Waals surface area contributed by atoms with Crippen molar-refractivity contribution < 1.29 is 13.9 Å². The first-order valence-electron chi connectivity index (χ1n) is 9.48. The van der Waals surface area contributed by atoms with Gasteiger partial charge in [0, 0.05) is 11.1 Å². The van der Waals surface area contributed by atoms with Gasteiger partial charge >= 0.3 is 0 Å². The van der Waals surface area contributed by atoms with E-state index >= 15 is 0 Å². The second-order valence-electron chi connectivity index (χ2n) is 6.28. The van der Waals surface area contributed by atoms with Crippen molar-refractivity contribution in [1.82, 2.24) is 0 Å². The summed E-state index contributed by atoms with van der Waals surface area (Å²) >= 11 is 0. The highest BCUT2D eigenvalue weighted by Gasteiger charge is 2.18. The van der Waals surface area contributed by atoms with Crippen LogP contribution < -0.4 is 9.47 Å². The molecule has 2 nitrogen and oxygen atoms in total. The topological polar surface area (TPSA) is 18.5 Å². The Kier molecular flexibility index (Phi) is 6.49. The molecule has 0 saturated heterocycles. The van der Waals surface area contributed by atoms with Crippen LogP contribution in [0.3, 0.4) is 0 Å². The van der Waals surface area contributed by atoms with Gasteiger partial charge in [-0.25, -0.2) is 4.39 Å². The number of benzene rings is 3. The van der Waals surface area contributed by atoms with E-state index in [0.29, 0.717) is 19.6 Å². The van der Waals surface area contributed by atoms with Gasteiger partial charge in [-0.15, -0.1) is 6.58 Å². The van der Waals surface area contributed by atoms with E-state index < -0.39 is 0 Å². The number of hydrogen-bond acceptors (Lipinski definition) is 2. The maximum Gasteiger partial charge on any atom is 0.131 e. The fourth-order valence-electron chi connectivity index (χ4n) is 3.19. The summed E-state index contributed by atoms with van der Waals surface area (Å²) in [6.45, 7) is 8.92. The van der Waals surface area contributed by atoms with Crippen LogP contribution in [0, 0.1) is 11.9 Å². The Bertz CT molecular complexity index is 928. The molecule has 3 aromatic rings. The molecule has 0 aliphatic carbocycles. The van der Waals surface area contributed by atoms with Gasteiger partial charge in [0.15, 0.2) is 0 Å². The molecule has 0 bridgehead atoms. The third-order valence-electron chi connectivity index (χ3n) is 4.40. The monoisotopic (exact) mass is 375 g/mol. The van der Waals surface area contributed by atoms with Crippen molar-refractivity contribution in [3.8, 4) is 33.8 Å². The lowest BCUT2D eigenvalue weighted by molar-refractivity contribution is 0.338. The predicted molar refractivity (Wildman–Crippen MR) is 112 cm³/mol. The Morgan fingerprint density at radius 3 is 2.18 bits per heavy atom. The van der Waals surface area contributed by atoms with E-state index in [1.54, 1.807) is 12.1 Å². The summed E-state index contributed by atoms with van der Waals surface area (Å²) in [6.07, 6.45) is 2.51. The van der Waals surface area contributed by atoms with Crippen molar-refractivity contribution in [3.63, 3.8) is 0 Å². The molecule has 3 aromatic carbocycles. The van der Waals surface area contributed by atoms with Crippen LogP contribution >= 0.6 is 0 Å². The molecule has 3 heteroatoms. The Morgan fingerprint density at radius 2 is 1.57 bits per heavy atom. The van der Waals surface area contributed by atoms with Crippen LogP contribution in [0.25, 0.3) is 22.3 Å². The van der Waals surface area contributed by atoms with E-state index in [-0.39, 0.29) is 5.82 Å². The number of halogens is 1. The highest BCUT2D eigenvalue weighted by atomic mass is 19.1. The van der Waals surface area contributed by atoms with Crippen molar-refractivity contribution >= 4 is 0 Å². The molecule has 0 atom stereocenters. The van der Waals surface area contributed by atoms with Crippen LogP contribution in [-0.2, 0) is 6.42 Å². The van der Waals surface area contributed by atoms with E-state index in [9.17, 15) is 4.39 Å². The van der Waals surface area contributed by atoms with Crippen LogP contribution in [0.15, 0.2) is 67.3 Å². The second kappa shape index (κ2) is 9.23. The summed E-state index contributed by atoms with van der Waals surface area (Å²) < 4.78 is 25.1. The van der Waals surface area contributed by atoms with Gasteiger partial charge in [0.05, 0.1) is 13.2 Å². The minimum atomic E-state index is -0.268. The molecule has 0 aliphatic rings. The Hall–Kier alpha value is -3.07. The van der Waals surface area contributed by atoms with E-state index in [4.69, 9.17) is 9.47 Å². The number of hydrogen-bond donors (Lipinski definition) is 0. The zero-order valence-corrected chi connectivity index (χ0v) is 16.3.